The zero-order valence-electron chi connectivity index (χ0n) is 14.6. The number of benzene rings is 2. The number of carbonyl (C=O) groups is 1. The molecule has 0 bridgehead atoms. The Hall–Kier alpha value is -2.53. The Labute approximate surface area is 147 Å². The zero-order valence-corrected chi connectivity index (χ0v) is 14.6. The molecule has 0 fully saturated rings. The maximum absolute atomic E-state index is 11.2. The van der Waals surface area contributed by atoms with Gasteiger partial charge in [-0.05, 0) is 36.2 Å². The number of nitrogens with zero attached hydrogens (tertiary/aromatic N) is 1. The lowest BCUT2D eigenvalue weighted by molar-refractivity contribution is 0.0696. The second-order valence-corrected chi connectivity index (χ2v) is 6.25. The standard InChI is InChI=1S/C20H23NO4/c1-3-17-13-25-19-10-15(20(22)23)6-7-16(19)12-21(17)11-14-4-8-18(24-2)9-5-14/h4-10,17H,3,11-13H2,1-2H3,(H,22,23). The van der Waals surface area contributed by atoms with Crippen molar-refractivity contribution in [3.05, 3.63) is 59.2 Å². The first kappa shape index (κ1) is 17.3. The molecule has 0 radical (unpaired) electrons. The molecule has 0 aromatic heterocycles. The van der Waals surface area contributed by atoms with Crippen molar-refractivity contribution >= 4 is 5.97 Å². The highest BCUT2D eigenvalue weighted by molar-refractivity contribution is 5.88. The van der Waals surface area contributed by atoms with Gasteiger partial charge in [0.1, 0.15) is 18.1 Å². The number of carboxylic acid groups (broad SMARTS) is 1. The number of aromatic carboxylic acids is 1. The maximum Gasteiger partial charge on any atom is 0.335 e. The molecule has 25 heavy (non-hydrogen) atoms. The molecular weight excluding hydrogens is 318 g/mol. The zero-order chi connectivity index (χ0) is 17.8. The third-order valence-electron chi connectivity index (χ3n) is 4.65. The van der Waals surface area contributed by atoms with Crippen LogP contribution in [0.1, 0.15) is 34.8 Å². The molecule has 132 valence electrons. The monoisotopic (exact) mass is 341 g/mol. The third kappa shape index (κ3) is 3.94. The van der Waals surface area contributed by atoms with Gasteiger partial charge in [-0.2, -0.15) is 0 Å². The molecule has 0 saturated heterocycles. The van der Waals surface area contributed by atoms with E-state index in [1.807, 2.05) is 18.2 Å². The van der Waals surface area contributed by atoms with Gasteiger partial charge in [-0.15, -0.1) is 0 Å². The van der Waals surface area contributed by atoms with Gasteiger partial charge >= 0.3 is 5.97 Å². The van der Waals surface area contributed by atoms with E-state index in [1.165, 1.54) is 5.56 Å². The van der Waals surface area contributed by atoms with E-state index < -0.39 is 5.97 Å². The van der Waals surface area contributed by atoms with Gasteiger partial charge in [0.05, 0.1) is 12.7 Å². The summed E-state index contributed by atoms with van der Waals surface area (Å²) in [7, 11) is 1.66. The molecule has 1 aliphatic rings. The van der Waals surface area contributed by atoms with Crippen molar-refractivity contribution in [1.29, 1.82) is 0 Å². The summed E-state index contributed by atoms with van der Waals surface area (Å²) in [5.74, 6) is 0.592. The second-order valence-electron chi connectivity index (χ2n) is 6.25. The van der Waals surface area contributed by atoms with Crippen LogP contribution in [0.5, 0.6) is 11.5 Å². The van der Waals surface area contributed by atoms with Crippen molar-refractivity contribution in [1.82, 2.24) is 4.90 Å². The van der Waals surface area contributed by atoms with Crippen LogP contribution in [0.25, 0.3) is 0 Å². The molecular formula is C20H23NO4. The van der Waals surface area contributed by atoms with E-state index in [0.29, 0.717) is 12.4 Å². The number of rotatable bonds is 5. The quantitative estimate of drug-likeness (QED) is 0.901. The highest BCUT2D eigenvalue weighted by atomic mass is 16.5. The topological polar surface area (TPSA) is 59.0 Å². The SMILES string of the molecule is CCC1COc2cc(C(=O)O)ccc2CN1Cc1ccc(OC)cc1. The average Bonchev–Trinajstić information content (AvgIpc) is 2.80. The Balaban J connectivity index is 1.82. The van der Waals surface area contributed by atoms with Gasteiger partial charge in [-0.1, -0.05) is 25.1 Å². The number of hydrogen-bond acceptors (Lipinski definition) is 4. The van der Waals surface area contributed by atoms with E-state index in [4.69, 9.17) is 14.6 Å². The Morgan fingerprint density at radius 3 is 2.68 bits per heavy atom. The Bertz CT molecular complexity index is 742. The highest BCUT2D eigenvalue weighted by Crippen LogP contribution is 2.28. The van der Waals surface area contributed by atoms with E-state index in [1.54, 1.807) is 19.2 Å². The van der Waals surface area contributed by atoms with E-state index >= 15 is 0 Å². The predicted molar refractivity (Wildman–Crippen MR) is 95.2 cm³/mol. The van der Waals surface area contributed by atoms with Crippen LogP contribution >= 0.6 is 0 Å². The van der Waals surface area contributed by atoms with Crippen LogP contribution in [0.3, 0.4) is 0 Å². The lowest BCUT2D eigenvalue weighted by atomic mass is 10.1. The summed E-state index contributed by atoms with van der Waals surface area (Å²) in [4.78, 5) is 13.6. The molecule has 3 rings (SSSR count). The third-order valence-corrected chi connectivity index (χ3v) is 4.65. The molecule has 1 atom stereocenters. The maximum atomic E-state index is 11.2. The molecule has 5 heteroatoms. The molecule has 0 aliphatic carbocycles. The fraction of sp³-hybridized carbons (Fsp3) is 0.350. The van der Waals surface area contributed by atoms with Crippen LogP contribution in [-0.4, -0.2) is 35.7 Å². The van der Waals surface area contributed by atoms with Gasteiger partial charge in [0.15, 0.2) is 0 Å². The van der Waals surface area contributed by atoms with Crippen molar-refractivity contribution in [3.63, 3.8) is 0 Å². The Morgan fingerprint density at radius 1 is 1.28 bits per heavy atom. The lowest BCUT2D eigenvalue weighted by Crippen LogP contribution is -2.36. The molecule has 1 aliphatic heterocycles. The number of carboxylic acids is 1. The second kappa shape index (κ2) is 7.57. The lowest BCUT2D eigenvalue weighted by Gasteiger charge is -2.28. The van der Waals surface area contributed by atoms with Gasteiger partial charge in [-0.3, -0.25) is 4.90 Å². The first-order valence-electron chi connectivity index (χ1n) is 8.46. The molecule has 2 aromatic carbocycles. The highest BCUT2D eigenvalue weighted by Gasteiger charge is 2.24. The Kier molecular flexibility index (Phi) is 5.24. The summed E-state index contributed by atoms with van der Waals surface area (Å²) in [6.45, 7) is 4.25. The van der Waals surface area contributed by atoms with Crippen molar-refractivity contribution in [2.24, 2.45) is 0 Å². The number of methoxy groups -OCH3 is 1. The summed E-state index contributed by atoms with van der Waals surface area (Å²) >= 11 is 0. The summed E-state index contributed by atoms with van der Waals surface area (Å²) < 4.78 is 11.1. The number of hydrogen-bond donors (Lipinski definition) is 1. The van der Waals surface area contributed by atoms with Gasteiger partial charge in [0, 0.05) is 24.7 Å². The van der Waals surface area contributed by atoms with Gasteiger partial charge < -0.3 is 14.6 Å². The van der Waals surface area contributed by atoms with Crippen LogP contribution in [0, 0.1) is 0 Å². The molecule has 0 saturated carbocycles. The molecule has 1 heterocycles. The summed E-state index contributed by atoms with van der Waals surface area (Å²) in [6, 6.07) is 13.5. The summed E-state index contributed by atoms with van der Waals surface area (Å²) in [5, 5.41) is 9.17. The van der Waals surface area contributed by atoms with Crippen LogP contribution in [-0.2, 0) is 13.1 Å². The number of fused-ring (bicyclic) bond motifs is 1. The van der Waals surface area contributed by atoms with Crippen molar-refractivity contribution in [2.75, 3.05) is 13.7 Å². The molecule has 1 N–H and O–H groups in total. The molecule has 0 amide bonds. The van der Waals surface area contributed by atoms with Crippen molar-refractivity contribution in [2.45, 2.75) is 32.5 Å². The normalized spacial score (nSPS) is 17.3. The summed E-state index contributed by atoms with van der Waals surface area (Å²) in [5.41, 5.74) is 2.50. The largest absolute Gasteiger partial charge is 0.497 e. The van der Waals surface area contributed by atoms with E-state index in [0.717, 1.165) is 30.8 Å². The summed E-state index contributed by atoms with van der Waals surface area (Å²) in [6.07, 6.45) is 0.968. The fourth-order valence-electron chi connectivity index (χ4n) is 3.12. The van der Waals surface area contributed by atoms with Gasteiger partial charge in [-0.25, -0.2) is 4.79 Å². The number of ether oxygens (including phenoxy) is 2. The average molecular weight is 341 g/mol. The molecule has 1 unspecified atom stereocenters. The van der Waals surface area contributed by atoms with E-state index in [-0.39, 0.29) is 11.6 Å². The minimum absolute atomic E-state index is 0.260. The van der Waals surface area contributed by atoms with E-state index in [2.05, 4.69) is 24.0 Å². The van der Waals surface area contributed by atoms with Gasteiger partial charge in [0.2, 0.25) is 0 Å². The minimum Gasteiger partial charge on any atom is -0.497 e. The first-order chi connectivity index (χ1) is 12.1. The minimum atomic E-state index is -0.933. The van der Waals surface area contributed by atoms with Crippen LogP contribution in [0.4, 0.5) is 0 Å². The van der Waals surface area contributed by atoms with E-state index in [9.17, 15) is 4.79 Å². The fourth-order valence-corrected chi connectivity index (χ4v) is 3.12. The molecule has 0 spiro atoms. The van der Waals surface area contributed by atoms with Crippen LogP contribution < -0.4 is 9.47 Å². The Morgan fingerprint density at radius 2 is 2.04 bits per heavy atom. The van der Waals surface area contributed by atoms with Crippen molar-refractivity contribution < 1.29 is 19.4 Å². The first-order valence-corrected chi connectivity index (χ1v) is 8.46. The van der Waals surface area contributed by atoms with Crippen molar-refractivity contribution in [3.8, 4) is 11.5 Å². The molecule has 5 nitrogen and oxygen atoms in total. The molecule has 2 aromatic rings. The van der Waals surface area contributed by atoms with Crippen LogP contribution in [0.2, 0.25) is 0 Å². The smallest absolute Gasteiger partial charge is 0.335 e. The van der Waals surface area contributed by atoms with Crippen LogP contribution in [0.15, 0.2) is 42.5 Å². The predicted octanol–water partition coefficient (Wildman–Crippen LogP) is 3.57. The van der Waals surface area contributed by atoms with Gasteiger partial charge in [0.25, 0.3) is 0 Å².